The first-order chi connectivity index (χ1) is 6.90. The average Bonchev–Trinajstić information content (AvgIpc) is 2.54. The van der Waals surface area contributed by atoms with Crippen molar-refractivity contribution in [2.45, 2.75) is 39.2 Å². The lowest BCUT2D eigenvalue weighted by molar-refractivity contribution is -0.0936. The van der Waals surface area contributed by atoms with Crippen LogP contribution in [0.15, 0.2) is 10.5 Å². The Bertz CT molecular complexity index is 381. The Morgan fingerprint density at radius 1 is 1.53 bits per heavy atom. The minimum atomic E-state index is -1.02. The van der Waals surface area contributed by atoms with E-state index in [0.717, 1.165) is 24.2 Å². The van der Waals surface area contributed by atoms with Gasteiger partial charge in [-0.3, -0.25) is 0 Å². The smallest absolute Gasteiger partial charge is 0.140 e. The Morgan fingerprint density at radius 3 is 2.80 bits per heavy atom. The van der Waals surface area contributed by atoms with Gasteiger partial charge >= 0.3 is 0 Å². The van der Waals surface area contributed by atoms with Crippen LogP contribution in [0.2, 0.25) is 0 Å². The topological polar surface area (TPSA) is 59.4 Å². The summed E-state index contributed by atoms with van der Waals surface area (Å²) in [6.45, 7) is 6.20. The Morgan fingerprint density at radius 2 is 2.20 bits per heavy atom. The molecule has 0 aromatic carbocycles. The number of nitrogens with two attached hydrogens (primary N) is 1. The second-order valence-electron chi connectivity index (χ2n) is 5.16. The first kappa shape index (κ1) is 10.7. The van der Waals surface area contributed by atoms with E-state index < -0.39 is 5.60 Å². The quantitative estimate of drug-likeness (QED) is 0.740. The van der Waals surface area contributed by atoms with Crippen molar-refractivity contribution in [1.82, 2.24) is 0 Å². The first-order valence-corrected chi connectivity index (χ1v) is 5.43. The lowest BCUT2D eigenvalue weighted by Crippen LogP contribution is -2.50. The molecule has 0 bridgehead atoms. The van der Waals surface area contributed by atoms with E-state index in [9.17, 15) is 5.11 Å². The molecule has 0 saturated carbocycles. The molecule has 1 aromatic heterocycles. The Balaban J connectivity index is 2.58. The molecule has 0 fully saturated rings. The molecule has 0 amide bonds. The number of aliphatic hydroxyl groups is 1. The summed E-state index contributed by atoms with van der Waals surface area (Å²) in [6, 6.07) is 2.01. The maximum absolute atomic E-state index is 10.7. The zero-order valence-corrected chi connectivity index (χ0v) is 9.63. The first-order valence-electron chi connectivity index (χ1n) is 5.43. The molecule has 3 nitrogen and oxygen atoms in total. The van der Waals surface area contributed by atoms with Crippen molar-refractivity contribution in [2.24, 2.45) is 11.1 Å². The summed E-state index contributed by atoms with van der Waals surface area (Å²) in [7, 11) is 0. The molecule has 0 radical (unpaired) electrons. The van der Waals surface area contributed by atoms with Crippen LogP contribution in [0.3, 0.4) is 0 Å². The van der Waals surface area contributed by atoms with Gasteiger partial charge in [-0.15, -0.1) is 0 Å². The van der Waals surface area contributed by atoms with E-state index in [1.165, 1.54) is 0 Å². The molecular weight excluding hydrogens is 190 g/mol. The van der Waals surface area contributed by atoms with Crippen LogP contribution in [-0.4, -0.2) is 11.7 Å². The van der Waals surface area contributed by atoms with Crippen molar-refractivity contribution < 1.29 is 9.52 Å². The van der Waals surface area contributed by atoms with Crippen LogP contribution in [0.25, 0.3) is 0 Å². The van der Waals surface area contributed by atoms with Gasteiger partial charge in [-0.05, 0) is 31.4 Å². The van der Waals surface area contributed by atoms with Gasteiger partial charge in [0.25, 0.3) is 0 Å². The highest BCUT2D eigenvalue weighted by Crippen LogP contribution is 2.48. The fourth-order valence-corrected chi connectivity index (χ4v) is 2.43. The summed E-state index contributed by atoms with van der Waals surface area (Å²) in [6.07, 6.45) is 1.90. The van der Waals surface area contributed by atoms with Crippen LogP contribution in [0.5, 0.6) is 0 Å². The Labute approximate surface area is 90.3 Å². The molecule has 1 aromatic rings. The summed E-state index contributed by atoms with van der Waals surface area (Å²) in [4.78, 5) is 0. The fourth-order valence-electron chi connectivity index (χ4n) is 2.43. The lowest BCUT2D eigenvalue weighted by Gasteiger charge is -2.44. The van der Waals surface area contributed by atoms with Crippen LogP contribution in [-0.2, 0) is 12.0 Å². The maximum atomic E-state index is 10.7. The lowest BCUT2D eigenvalue weighted by atomic mass is 9.65. The second kappa shape index (κ2) is 3.09. The van der Waals surface area contributed by atoms with Crippen LogP contribution in [0, 0.1) is 12.3 Å². The molecule has 3 N–H and O–H groups in total. The predicted molar refractivity (Wildman–Crippen MR) is 58.5 cm³/mol. The molecule has 2 rings (SSSR count). The molecule has 84 valence electrons. The highest BCUT2D eigenvalue weighted by atomic mass is 16.4. The molecule has 1 aliphatic rings. The van der Waals surface area contributed by atoms with Crippen LogP contribution < -0.4 is 5.73 Å². The summed E-state index contributed by atoms with van der Waals surface area (Å²) < 4.78 is 5.62. The van der Waals surface area contributed by atoms with E-state index in [-0.39, 0.29) is 12.0 Å². The van der Waals surface area contributed by atoms with Gasteiger partial charge in [0.05, 0.1) is 0 Å². The zero-order valence-electron chi connectivity index (χ0n) is 9.63. The maximum Gasteiger partial charge on any atom is 0.140 e. The molecule has 1 aliphatic carbocycles. The molecule has 0 saturated heterocycles. The van der Waals surface area contributed by atoms with Crippen molar-refractivity contribution >= 4 is 0 Å². The van der Waals surface area contributed by atoms with Crippen LogP contribution in [0.1, 0.15) is 37.4 Å². The van der Waals surface area contributed by atoms with Gasteiger partial charge in [-0.1, -0.05) is 13.8 Å². The van der Waals surface area contributed by atoms with E-state index >= 15 is 0 Å². The molecule has 1 atom stereocenters. The SMILES string of the molecule is Cc1cc2c(o1)C(O)(CN)C(C)(C)CC2. The van der Waals surface area contributed by atoms with E-state index in [1.54, 1.807) is 0 Å². The van der Waals surface area contributed by atoms with E-state index in [1.807, 2.05) is 26.8 Å². The molecule has 15 heavy (non-hydrogen) atoms. The van der Waals surface area contributed by atoms with Gasteiger partial charge in [0.15, 0.2) is 0 Å². The van der Waals surface area contributed by atoms with Gasteiger partial charge in [0.2, 0.25) is 0 Å². The average molecular weight is 209 g/mol. The summed E-state index contributed by atoms with van der Waals surface area (Å²) in [5, 5.41) is 10.7. The summed E-state index contributed by atoms with van der Waals surface area (Å²) >= 11 is 0. The Kier molecular flexibility index (Phi) is 2.21. The summed E-state index contributed by atoms with van der Waals surface area (Å²) in [5.41, 5.74) is 5.60. The van der Waals surface area contributed by atoms with Crippen molar-refractivity contribution in [2.75, 3.05) is 6.54 Å². The van der Waals surface area contributed by atoms with Gasteiger partial charge in [0.1, 0.15) is 17.1 Å². The normalized spacial score (nSPS) is 28.9. The van der Waals surface area contributed by atoms with Crippen molar-refractivity contribution in [3.05, 3.63) is 23.2 Å². The zero-order chi connectivity index (χ0) is 11.3. The third-order valence-corrected chi connectivity index (χ3v) is 3.74. The van der Waals surface area contributed by atoms with Gasteiger partial charge < -0.3 is 15.3 Å². The number of fused-ring (bicyclic) bond motifs is 1. The highest BCUT2D eigenvalue weighted by Gasteiger charge is 2.50. The molecule has 3 heteroatoms. The van der Waals surface area contributed by atoms with Crippen LogP contribution in [0.4, 0.5) is 0 Å². The minimum absolute atomic E-state index is 0.208. The number of rotatable bonds is 1. The third kappa shape index (κ3) is 1.34. The molecular formula is C12H19NO2. The van der Waals surface area contributed by atoms with Crippen molar-refractivity contribution in [3.8, 4) is 0 Å². The van der Waals surface area contributed by atoms with E-state index in [0.29, 0.717) is 5.76 Å². The van der Waals surface area contributed by atoms with Crippen LogP contribution >= 0.6 is 0 Å². The Hall–Kier alpha value is -0.800. The molecule has 1 heterocycles. The number of aryl methyl sites for hydroxylation is 2. The molecule has 0 aliphatic heterocycles. The molecule has 0 spiro atoms. The number of hydrogen-bond donors (Lipinski definition) is 2. The second-order valence-corrected chi connectivity index (χ2v) is 5.16. The van der Waals surface area contributed by atoms with Crippen molar-refractivity contribution in [3.63, 3.8) is 0 Å². The summed E-state index contributed by atoms with van der Waals surface area (Å²) in [5.74, 6) is 1.53. The van der Waals surface area contributed by atoms with E-state index in [2.05, 4.69) is 0 Å². The van der Waals surface area contributed by atoms with E-state index in [4.69, 9.17) is 10.2 Å². The number of hydrogen-bond acceptors (Lipinski definition) is 3. The minimum Gasteiger partial charge on any atom is -0.463 e. The number of furan rings is 1. The highest BCUT2D eigenvalue weighted by molar-refractivity contribution is 5.32. The van der Waals surface area contributed by atoms with Gasteiger partial charge in [-0.2, -0.15) is 0 Å². The predicted octanol–water partition coefficient (Wildman–Crippen LogP) is 1.71. The monoisotopic (exact) mass is 209 g/mol. The standard InChI is InChI=1S/C12H19NO2/c1-8-6-9-4-5-11(2,3)12(14,7-13)10(9)15-8/h6,14H,4-5,7,13H2,1-3H3. The van der Waals surface area contributed by atoms with Gasteiger partial charge in [0, 0.05) is 12.0 Å². The third-order valence-electron chi connectivity index (χ3n) is 3.74. The fraction of sp³-hybridized carbons (Fsp3) is 0.667. The van der Waals surface area contributed by atoms with Crippen molar-refractivity contribution in [1.29, 1.82) is 0 Å². The largest absolute Gasteiger partial charge is 0.463 e. The molecule has 1 unspecified atom stereocenters. The van der Waals surface area contributed by atoms with Gasteiger partial charge in [-0.25, -0.2) is 0 Å².